The predicted octanol–water partition coefficient (Wildman–Crippen LogP) is 3.71. The fourth-order valence-corrected chi connectivity index (χ4v) is 3.74. The molecule has 10 heteroatoms. The van der Waals surface area contributed by atoms with Gasteiger partial charge in [0.15, 0.2) is 0 Å². The normalized spacial score (nSPS) is 11.0. The van der Waals surface area contributed by atoms with Gasteiger partial charge in [0.05, 0.1) is 41.6 Å². The summed E-state index contributed by atoms with van der Waals surface area (Å²) in [7, 11) is 7.54. The molecular formula is C25H30N8O2. The van der Waals surface area contributed by atoms with Crippen LogP contribution >= 0.6 is 0 Å². The molecule has 0 radical (unpaired) electrons. The third-order valence-corrected chi connectivity index (χ3v) is 5.50. The molecule has 182 valence electrons. The number of nitrogens with one attached hydrogen (secondary N) is 3. The van der Waals surface area contributed by atoms with E-state index in [1.165, 1.54) is 13.3 Å². The van der Waals surface area contributed by atoms with E-state index in [0.717, 1.165) is 34.4 Å². The SMILES string of the molecule is COc1cc(NCCN(C)C)c(NC(C)=O)cc1Nc1cc(-c2ccc3c(cnn3C)c2)ncn1. The van der Waals surface area contributed by atoms with Gasteiger partial charge in [-0.3, -0.25) is 9.48 Å². The molecule has 4 rings (SSSR count). The van der Waals surface area contributed by atoms with Crippen LogP contribution in [0.2, 0.25) is 0 Å². The number of aryl methyl sites for hydroxylation is 1. The molecule has 2 aromatic heterocycles. The van der Waals surface area contributed by atoms with Gasteiger partial charge < -0.3 is 25.6 Å². The second-order valence-corrected chi connectivity index (χ2v) is 8.46. The first kappa shape index (κ1) is 24.0. The zero-order chi connectivity index (χ0) is 24.9. The molecule has 3 N–H and O–H groups in total. The summed E-state index contributed by atoms with van der Waals surface area (Å²) in [6, 6.07) is 11.7. The summed E-state index contributed by atoms with van der Waals surface area (Å²) in [4.78, 5) is 22.7. The number of fused-ring (bicyclic) bond motifs is 1. The predicted molar refractivity (Wildman–Crippen MR) is 139 cm³/mol. The molecule has 0 aliphatic heterocycles. The number of methoxy groups -OCH3 is 1. The number of rotatable bonds is 9. The van der Waals surface area contributed by atoms with Crippen LogP contribution in [0.4, 0.5) is 22.9 Å². The summed E-state index contributed by atoms with van der Waals surface area (Å²) < 4.78 is 7.47. The van der Waals surface area contributed by atoms with Gasteiger partial charge in [0.1, 0.15) is 17.9 Å². The molecule has 0 aliphatic rings. The summed E-state index contributed by atoms with van der Waals surface area (Å²) >= 11 is 0. The maximum atomic E-state index is 11.8. The summed E-state index contributed by atoms with van der Waals surface area (Å²) in [6.45, 7) is 3.04. The molecule has 0 saturated heterocycles. The first-order valence-corrected chi connectivity index (χ1v) is 11.2. The van der Waals surface area contributed by atoms with Crippen molar-refractivity contribution >= 4 is 39.7 Å². The molecule has 10 nitrogen and oxygen atoms in total. The van der Waals surface area contributed by atoms with Crippen LogP contribution in [0.1, 0.15) is 6.92 Å². The van der Waals surface area contributed by atoms with Crippen molar-refractivity contribution < 1.29 is 9.53 Å². The Bertz CT molecular complexity index is 1350. The van der Waals surface area contributed by atoms with Crippen LogP contribution in [-0.4, -0.2) is 64.9 Å². The van der Waals surface area contributed by atoms with Crippen LogP contribution in [0.5, 0.6) is 5.75 Å². The molecule has 0 spiro atoms. The third-order valence-electron chi connectivity index (χ3n) is 5.50. The average Bonchev–Trinajstić information content (AvgIpc) is 3.20. The lowest BCUT2D eigenvalue weighted by atomic mass is 10.1. The zero-order valence-electron chi connectivity index (χ0n) is 20.6. The Morgan fingerprint density at radius 3 is 2.66 bits per heavy atom. The van der Waals surface area contributed by atoms with Gasteiger partial charge in [-0.15, -0.1) is 0 Å². The number of anilines is 4. The number of carbonyl (C=O) groups is 1. The van der Waals surface area contributed by atoms with E-state index in [1.54, 1.807) is 7.11 Å². The van der Waals surface area contributed by atoms with Gasteiger partial charge in [-0.05, 0) is 32.3 Å². The van der Waals surface area contributed by atoms with E-state index in [2.05, 4.69) is 42.0 Å². The monoisotopic (exact) mass is 474 g/mol. The molecule has 2 heterocycles. The highest BCUT2D eigenvalue weighted by atomic mass is 16.5. The first-order valence-electron chi connectivity index (χ1n) is 11.2. The molecular weight excluding hydrogens is 444 g/mol. The van der Waals surface area contributed by atoms with Crippen molar-refractivity contribution in [1.82, 2.24) is 24.6 Å². The summed E-state index contributed by atoms with van der Waals surface area (Å²) in [6.07, 6.45) is 3.35. The summed E-state index contributed by atoms with van der Waals surface area (Å²) in [5.74, 6) is 1.05. The Kier molecular flexibility index (Phi) is 7.11. The Balaban J connectivity index is 1.63. The molecule has 0 unspecified atom stereocenters. The maximum Gasteiger partial charge on any atom is 0.221 e. The van der Waals surface area contributed by atoms with Crippen LogP contribution in [0.3, 0.4) is 0 Å². The van der Waals surface area contributed by atoms with E-state index in [9.17, 15) is 4.79 Å². The van der Waals surface area contributed by atoms with E-state index in [-0.39, 0.29) is 5.91 Å². The molecule has 0 saturated carbocycles. The number of hydrogen-bond donors (Lipinski definition) is 3. The van der Waals surface area contributed by atoms with Gasteiger partial charge in [0, 0.05) is 50.1 Å². The highest BCUT2D eigenvalue weighted by Crippen LogP contribution is 2.36. The Labute approximate surface area is 204 Å². The fourth-order valence-electron chi connectivity index (χ4n) is 3.74. The summed E-state index contributed by atoms with van der Waals surface area (Å²) in [5, 5.41) is 14.9. The quantitative estimate of drug-likeness (QED) is 0.337. The number of carbonyl (C=O) groups excluding carboxylic acids is 1. The van der Waals surface area contributed by atoms with E-state index < -0.39 is 0 Å². The van der Waals surface area contributed by atoms with Crippen LogP contribution < -0.4 is 20.7 Å². The summed E-state index contributed by atoms with van der Waals surface area (Å²) in [5.41, 5.74) is 4.88. The van der Waals surface area contributed by atoms with Gasteiger partial charge in [-0.25, -0.2) is 9.97 Å². The molecule has 4 aromatic rings. The number of likely N-dealkylation sites (N-methyl/N-ethyl adjacent to an activating group) is 1. The molecule has 1 amide bonds. The van der Waals surface area contributed by atoms with E-state index in [0.29, 0.717) is 29.5 Å². The molecule has 0 bridgehead atoms. The molecule has 2 aromatic carbocycles. The second-order valence-electron chi connectivity index (χ2n) is 8.46. The molecule has 0 atom stereocenters. The lowest BCUT2D eigenvalue weighted by Crippen LogP contribution is -2.21. The largest absolute Gasteiger partial charge is 0.494 e. The average molecular weight is 475 g/mol. The topological polar surface area (TPSA) is 109 Å². The van der Waals surface area contributed by atoms with Crippen LogP contribution in [0.25, 0.3) is 22.2 Å². The second kappa shape index (κ2) is 10.4. The minimum atomic E-state index is -0.160. The minimum absolute atomic E-state index is 0.160. The van der Waals surface area contributed by atoms with Crippen LogP contribution in [0, 0.1) is 0 Å². The zero-order valence-corrected chi connectivity index (χ0v) is 20.6. The molecule has 35 heavy (non-hydrogen) atoms. The maximum absolute atomic E-state index is 11.8. The number of amides is 1. The minimum Gasteiger partial charge on any atom is -0.494 e. The number of aromatic nitrogens is 4. The lowest BCUT2D eigenvalue weighted by Gasteiger charge is -2.19. The number of nitrogens with zero attached hydrogens (tertiary/aromatic N) is 5. The van der Waals surface area contributed by atoms with Crippen molar-refractivity contribution in [3.8, 4) is 17.0 Å². The van der Waals surface area contributed by atoms with Gasteiger partial charge in [0.25, 0.3) is 0 Å². The molecule has 0 aliphatic carbocycles. The van der Waals surface area contributed by atoms with Gasteiger partial charge in [0.2, 0.25) is 5.91 Å². The number of ether oxygens (including phenoxy) is 1. The van der Waals surface area contributed by atoms with E-state index in [1.807, 2.05) is 62.4 Å². The Morgan fingerprint density at radius 1 is 1.09 bits per heavy atom. The van der Waals surface area contributed by atoms with Crippen molar-refractivity contribution in [3.63, 3.8) is 0 Å². The third kappa shape index (κ3) is 5.67. The molecule has 0 fully saturated rings. The van der Waals surface area contributed by atoms with Crippen LogP contribution in [-0.2, 0) is 11.8 Å². The van der Waals surface area contributed by atoms with Crippen molar-refractivity contribution in [2.24, 2.45) is 7.05 Å². The van der Waals surface area contributed by atoms with Crippen molar-refractivity contribution in [2.75, 3.05) is 50.2 Å². The van der Waals surface area contributed by atoms with Gasteiger partial charge in [-0.1, -0.05) is 6.07 Å². The first-order chi connectivity index (χ1) is 16.8. The van der Waals surface area contributed by atoms with Crippen molar-refractivity contribution in [3.05, 3.63) is 48.9 Å². The highest BCUT2D eigenvalue weighted by Gasteiger charge is 2.14. The standard InChI is InChI=1S/C25H30N8O2/c1-16(34)30-21-11-22(24(35-5)12-20(21)26-8-9-32(2)3)31-25-13-19(27-15-28-25)17-6-7-23-18(10-17)14-29-33(23)4/h6-7,10-15,26H,8-9H2,1-5H3,(H,30,34)(H,27,28,31). The van der Waals surface area contributed by atoms with Crippen molar-refractivity contribution in [1.29, 1.82) is 0 Å². The lowest BCUT2D eigenvalue weighted by molar-refractivity contribution is -0.114. The van der Waals surface area contributed by atoms with E-state index in [4.69, 9.17) is 4.74 Å². The fraction of sp³-hybridized carbons (Fsp3) is 0.280. The number of hydrogen-bond acceptors (Lipinski definition) is 8. The highest BCUT2D eigenvalue weighted by molar-refractivity contribution is 5.95. The van der Waals surface area contributed by atoms with Gasteiger partial charge >= 0.3 is 0 Å². The Hall–Kier alpha value is -4.18. The smallest absolute Gasteiger partial charge is 0.221 e. The Morgan fingerprint density at radius 2 is 1.91 bits per heavy atom. The van der Waals surface area contributed by atoms with Gasteiger partial charge in [-0.2, -0.15) is 5.10 Å². The number of benzene rings is 2. The van der Waals surface area contributed by atoms with Crippen molar-refractivity contribution in [2.45, 2.75) is 6.92 Å². The van der Waals surface area contributed by atoms with E-state index >= 15 is 0 Å². The van der Waals surface area contributed by atoms with Crippen LogP contribution in [0.15, 0.2) is 48.9 Å².